The summed E-state index contributed by atoms with van der Waals surface area (Å²) in [6.07, 6.45) is 1.61. The Labute approximate surface area is 160 Å². The minimum absolute atomic E-state index is 0.217. The third kappa shape index (κ3) is 3.77. The summed E-state index contributed by atoms with van der Waals surface area (Å²) < 4.78 is 13.1. The van der Waals surface area contributed by atoms with Crippen molar-refractivity contribution in [1.29, 1.82) is 0 Å². The minimum Gasteiger partial charge on any atom is -0.368 e. The second-order valence-electron chi connectivity index (χ2n) is 7.47. The molecule has 0 spiro atoms. The van der Waals surface area contributed by atoms with Gasteiger partial charge in [-0.2, -0.15) is 0 Å². The van der Waals surface area contributed by atoms with Gasteiger partial charge in [0.25, 0.3) is 0 Å². The van der Waals surface area contributed by atoms with E-state index < -0.39 is 0 Å². The third-order valence-corrected chi connectivity index (χ3v) is 5.74. The Kier molecular flexibility index (Phi) is 5.01. The summed E-state index contributed by atoms with van der Waals surface area (Å²) >= 11 is 0. The van der Waals surface area contributed by atoms with Crippen molar-refractivity contribution in [3.05, 3.63) is 59.9 Å². The van der Waals surface area contributed by atoms with Crippen LogP contribution in [0.2, 0.25) is 0 Å². The number of carbonyl (C=O) groups is 1. The van der Waals surface area contributed by atoms with E-state index in [1.165, 1.54) is 23.4 Å². The molecule has 2 aliphatic heterocycles. The van der Waals surface area contributed by atoms with E-state index in [1.54, 1.807) is 12.1 Å². The largest absolute Gasteiger partial charge is 0.368 e. The molecule has 1 fully saturated rings. The first-order valence-corrected chi connectivity index (χ1v) is 9.74. The van der Waals surface area contributed by atoms with Gasteiger partial charge < -0.3 is 14.7 Å². The normalized spacial score (nSPS) is 19.3. The van der Waals surface area contributed by atoms with E-state index in [0.29, 0.717) is 12.5 Å². The smallest absolute Gasteiger partial charge is 0.224 e. The summed E-state index contributed by atoms with van der Waals surface area (Å²) in [5, 5.41) is 0. The molecule has 0 unspecified atom stereocenters. The molecule has 4 nitrogen and oxygen atoms in total. The molecule has 0 bridgehead atoms. The summed E-state index contributed by atoms with van der Waals surface area (Å²) in [5.74, 6) is 0.00983. The first-order valence-electron chi connectivity index (χ1n) is 9.74. The van der Waals surface area contributed by atoms with Crippen LogP contribution >= 0.6 is 0 Å². The molecule has 4 rings (SSSR count). The fourth-order valence-corrected chi connectivity index (χ4v) is 4.21. The monoisotopic (exact) mass is 367 g/mol. The summed E-state index contributed by atoms with van der Waals surface area (Å²) in [6.45, 7) is 6.03. The van der Waals surface area contributed by atoms with Gasteiger partial charge in [-0.05, 0) is 49.2 Å². The van der Waals surface area contributed by atoms with Gasteiger partial charge in [0.05, 0.1) is 0 Å². The van der Waals surface area contributed by atoms with Gasteiger partial charge in [-0.1, -0.05) is 18.2 Å². The molecule has 0 N–H and O–H groups in total. The SMILES string of the molecule is C[C@@H]1Cc2ccccc2N1CCC(=O)N1CCN(c2ccc(F)cc2)CC1. The van der Waals surface area contributed by atoms with Crippen molar-refractivity contribution < 1.29 is 9.18 Å². The molecule has 5 heteroatoms. The van der Waals surface area contributed by atoms with Crippen LogP contribution in [0, 0.1) is 5.82 Å². The van der Waals surface area contributed by atoms with Crippen LogP contribution in [0.3, 0.4) is 0 Å². The highest BCUT2D eigenvalue weighted by atomic mass is 19.1. The highest BCUT2D eigenvalue weighted by Crippen LogP contribution is 2.31. The minimum atomic E-state index is -0.217. The van der Waals surface area contributed by atoms with Crippen molar-refractivity contribution in [2.75, 3.05) is 42.5 Å². The quantitative estimate of drug-likeness (QED) is 0.830. The van der Waals surface area contributed by atoms with Gasteiger partial charge in [-0.25, -0.2) is 4.39 Å². The van der Waals surface area contributed by atoms with E-state index in [2.05, 4.69) is 41.0 Å². The molecule has 0 aliphatic carbocycles. The third-order valence-electron chi connectivity index (χ3n) is 5.74. The van der Waals surface area contributed by atoms with Crippen molar-refractivity contribution in [2.24, 2.45) is 0 Å². The molecule has 0 saturated carbocycles. The van der Waals surface area contributed by atoms with Crippen molar-refractivity contribution in [3.8, 4) is 0 Å². The number of amides is 1. The van der Waals surface area contributed by atoms with Crippen LogP contribution in [0.15, 0.2) is 48.5 Å². The molecule has 0 aromatic heterocycles. The molecule has 1 atom stereocenters. The number of anilines is 2. The lowest BCUT2D eigenvalue weighted by atomic mass is 10.1. The lowest BCUT2D eigenvalue weighted by Gasteiger charge is -2.36. The zero-order chi connectivity index (χ0) is 18.8. The zero-order valence-electron chi connectivity index (χ0n) is 15.8. The van der Waals surface area contributed by atoms with E-state index in [4.69, 9.17) is 0 Å². The van der Waals surface area contributed by atoms with Crippen LogP contribution in [0.4, 0.5) is 15.8 Å². The second-order valence-corrected chi connectivity index (χ2v) is 7.47. The number of halogens is 1. The van der Waals surface area contributed by atoms with E-state index in [0.717, 1.165) is 44.8 Å². The van der Waals surface area contributed by atoms with Crippen molar-refractivity contribution in [2.45, 2.75) is 25.8 Å². The summed E-state index contributed by atoms with van der Waals surface area (Å²) in [4.78, 5) is 19.2. The maximum atomic E-state index is 13.1. The van der Waals surface area contributed by atoms with Gasteiger partial charge in [0.2, 0.25) is 5.91 Å². The van der Waals surface area contributed by atoms with E-state index >= 15 is 0 Å². The molecule has 0 radical (unpaired) electrons. The van der Waals surface area contributed by atoms with E-state index in [9.17, 15) is 9.18 Å². The fourth-order valence-electron chi connectivity index (χ4n) is 4.21. The van der Waals surface area contributed by atoms with Gasteiger partial charge in [-0.3, -0.25) is 4.79 Å². The Hall–Kier alpha value is -2.56. The Bertz CT molecular complexity index is 799. The number of hydrogen-bond donors (Lipinski definition) is 0. The average molecular weight is 367 g/mol. The number of carbonyl (C=O) groups excluding carboxylic acids is 1. The molecular weight excluding hydrogens is 341 g/mol. The predicted molar refractivity (Wildman–Crippen MR) is 107 cm³/mol. The fraction of sp³-hybridized carbons (Fsp3) is 0.409. The van der Waals surface area contributed by atoms with Crippen LogP contribution in [0.5, 0.6) is 0 Å². The van der Waals surface area contributed by atoms with Gasteiger partial charge in [0.1, 0.15) is 5.82 Å². The maximum absolute atomic E-state index is 13.1. The lowest BCUT2D eigenvalue weighted by Crippen LogP contribution is -2.49. The zero-order valence-corrected chi connectivity index (χ0v) is 15.8. The molecule has 27 heavy (non-hydrogen) atoms. The molecule has 1 amide bonds. The highest BCUT2D eigenvalue weighted by molar-refractivity contribution is 5.77. The molecule has 2 aromatic carbocycles. The molecule has 1 saturated heterocycles. The molecule has 142 valence electrons. The highest BCUT2D eigenvalue weighted by Gasteiger charge is 2.27. The molecule has 2 aliphatic rings. The number of nitrogens with zero attached hydrogens (tertiary/aromatic N) is 3. The van der Waals surface area contributed by atoms with Crippen molar-refractivity contribution in [1.82, 2.24) is 4.90 Å². The van der Waals surface area contributed by atoms with E-state index in [1.807, 2.05) is 4.90 Å². The predicted octanol–water partition coefficient (Wildman–Crippen LogP) is 3.32. The summed E-state index contributed by atoms with van der Waals surface area (Å²) in [5.41, 5.74) is 3.68. The average Bonchev–Trinajstić information content (AvgIpc) is 3.02. The number of para-hydroxylation sites is 1. The van der Waals surface area contributed by atoms with Crippen LogP contribution in [0.25, 0.3) is 0 Å². The Morgan fingerprint density at radius 1 is 1.04 bits per heavy atom. The number of benzene rings is 2. The molecule has 2 heterocycles. The van der Waals surface area contributed by atoms with Crippen LogP contribution in [-0.2, 0) is 11.2 Å². The van der Waals surface area contributed by atoms with Crippen molar-refractivity contribution >= 4 is 17.3 Å². The standard InChI is InChI=1S/C22H26FN3O/c1-17-16-18-4-2-3-5-21(18)26(17)11-10-22(27)25-14-12-24(13-15-25)20-8-6-19(23)7-9-20/h2-9,17H,10-16H2,1H3/t17-/m1/s1. The second kappa shape index (κ2) is 7.59. The summed E-state index contributed by atoms with van der Waals surface area (Å²) in [7, 11) is 0. The topological polar surface area (TPSA) is 26.8 Å². The number of piperazine rings is 1. The maximum Gasteiger partial charge on any atom is 0.224 e. The van der Waals surface area contributed by atoms with Crippen LogP contribution in [0.1, 0.15) is 18.9 Å². The van der Waals surface area contributed by atoms with E-state index in [-0.39, 0.29) is 11.7 Å². The van der Waals surface area contributed by atoms with Gasteiger partial charge >= 0.3 is 0 Å². The van der Waals surface area contributed by atoms with Crippen LogP contribution < -0.4 is 9.80 Å². The number of hydrogen-bond acceptors (Lipinski definition) is 3. The lowest BCUT2D eigenvalue weighted by molar-refractivity contribution is -0.131. The van der Waals surface area contributed by atoms with Gasteiger partial charge in [0, 0.05) is 56.6 Å². The molecule has 2 aromatic rings. The summed E-state index contributed by atoms with van der Waals surface area (Å²) in [6, 6.07) is 15.5. The Morgan fingerprint density at radius 3 is 2.48 bits per heavy atom. The number of rotatable bonds is 4. The number of fused-ring (bicyclic) bond motifs is 1. The van der Waals surface area contributed by atoms with Crippen LogP contribution in [-0.4, -0.2) is 49.6 Å². The first-order chi connectivity index (χ1) is 13.1. The van der Waals surface area contributed by atoms with Gasteiger partial charge in [0.15, 0.2) is 0 Å². The first kappa shape index (κ1) is 17.8. The Morgan fingerprint density at radius 2 is 1.74 bits per heavy atom. The Balaban J connectivity index is 1.29. The van der Waals surface area contributed by atoms with Gasteiger partial charge in [-0.15, -0.1) is 0 Å². The van der Waals surface area contributed by atoms with Crippen molar-refractivity contribution in [3.63, 3.8) is 0 Å². The molecular formula is C22H26FN3O.